The monoisotopic (exact) mass is 336 g/mol. The third kappa shape index (κ3) is 3.91. The first-order valence-electron chi connectivity index (χ1n) is 8.23. The molecular weight excluding hydrogens is 315 g/mol. The summed E-state index contributed by atoms with van der Waals surface area (Å²) in [7, 11) is 0. The number of hydrogen-bond donors (Lipinski definition) is 1. The number of carbonyl (C=O) groups is 2. The average Bonchev–Trinajstić information content (AvgIpc) is 2.58. The van der Waals surface area contributed by atoms with Crippen molar-refractivity contribution in [3.8, 4) is 0 Å². The summed E-state index contributed by atoms with van der Waals surface area (Å²) in [5, 5.41) is 2.72. The summed E-state index contributed by atoms with van der Waals surface area (Å²) < 4.78 is 24.6. The van der Waals surface area contributed by atoms with E-state index in [2.05, 4.69) is 5.32 Å². The molecule has 2 aliphatic heterocycles. The molecule has 2 fully saturated rings. The lowest BCUT2D eigenvalue weighted by atomic mass is 10.0. The molecule has 7 heteroatoms. The Hall–Kier alpha value is -1.99. The smallest absolute Gasteiger partial charge is 0.249 e. The number of benzene rings is 1. The van der Waals surface area contributed by atoms with E-state index in [-0.39, 0.29) is 23.9 Å². The maximum atomic E-state index is 13.9. The molecule has 2 saturated heterocycles. The van der Waals surface area contributed by atoms with Gasteiger partial charge in [-0.3, -0.25) is 9.59 Å². The molecule has 2 aliphatic rings. The fourth-order valence-electron chi connectivity index (χ4n) is 2.98. The van der Waals surface area contributed by atoms with Gasteiger partial charge in [0.15, 0.2) is 6.29 Å². The van der Waals surface area contributed by atoms with Gasteiger partial charge >= 0.3 is 0 Å². The van der Waals surface area contributed by atoms with Gasteiger partial charge in [0.2, 0.25) is 11.8 Å². The summed E-state index contributed by atoms with van der Waals surface area (Å²) in [6, 6.07) is 5.51. The predicted molar refractivity (Wildman–Crippen MR) is 84.8 cm³/mol. The normalized spacial score (nSPS) is 22.5. The molecule has 0 unspecified atom stereocenters. The van der Waals surface area contributed by atoms with Gasteiger partial charge in [-0.15, -0.1) is 0 Å². The van der Waals surface area contributed by atoms with Crippen LogP contribution in [0, 0.1) is 5.82 Å². The number of rotatable bonds is 4. The zero-order valence-electron chi connectivity index (χ0n) is 13.4. The lowest BCUT2D eigenvalue weighted by molar-refractivity contribution is -0.184. The van der Waals surface area contributed by atoms with Crippen molar-refractivity contribution in [3.05, 3.63) is 30.1 Å². The second kappa shape index (κ2) is 7.72. The van der Waals surface area contributed by atoms with E-state index in [0.717, 1.165) is 6.42 Å². The van der Waals surface area contributed by atoms with E-state index >= 15 is 0 Å². The van der Waals surface area contributed by atoms with Crippen molar-refractivity contribution in [2.75, 3.05) is 24.7 Å². The molecule has 0 radical (unpaired) electrons. The Morgan fingerprint density at radius 3 is 2.75 bits per heavy atom. The summed E-state index contributed by atoms with van der Waals surface area (Å²) in [5.41, 5.74) is 0.250. The molecule has 0 bridgehead atoms. The molecule has 6 nitrogen and oxygen atoms in total. The highest BCUT2D eigenvalue weighted by atomic mass is 19.1. The van der Waals surface area contributed by atoms with Gasteiger partial charge in [-0.05, 0) is 31.4 Å². The lowest BCUT2D eigenvalue weighted by Crippen LogP contribution is -2.53. The molecule has 2 heterocycles. The van der Waals surface area contributed by atoms with Crippen molar-refractivity contribution in [1.29, 1.82) is 0 Å². The minimum absolute atomic E-state index is 0.0590. The molecule has 3 rings (SSSR count). The Labute approximate surface area is 139 Å². The first-order chi connectivity index (χ1) is 11.6. The number of anilines is 1. The Morgan fingerprint density at radius 1 is 1.25 bits per heavy atom. The van der Waals surface area contributed by atoms with Gasteiger partial charge in [0, 0.05) is 6.54 Å². The summed E-state index contributed by atoms with van der Waals surface area (Å²) in [6.07, 6.45) is 1.56. The topological polar surface area (TPSA) is 67.9 Å². The third-order valence-electron chi connectivity index (χ3n) is 4.17. The first-order valence-corrected chi connectivity index (χ1v) is 8.23. The van der Waals surface area contributed by atoms with Gasteiger partial charge in [0.1, 0.15) is 11.9 Å². The highest BCUT2D eigenvalue weighted by Crippen LogP contribution is 2.24. The van der Waals surface area contributed by atoms with Gasteiger partial charge in [-0.2, -0.15) is 0 Å². The van der Waals surface area contributed by atoms with Crippen LogP contribution in [-0.2, 0) is 19.1 Å². The number of para-hydroxylation sites is 1. The Balaban J connectivity index is 1.60. The van der Waals surface area contributed by atoms with Gasteiger partial charge in [0.25, 0.3) is 0 Å². The van der Waals surface area contributed by atoms with Crippen molar-refractivity contribution < 1.29 is 23.5 Å². The molecule has 130 valence electrons. The largest absolute Gasteiger partial charge is 0.352 e. The maximum absolute atomic E-state index is 13.9. The van der Waals surface area contributed by atoms with Crippen molar-refractivity contribution in [1.82, 2.24) is 5.32 Å². The lowest BCUT2D eigenvalue weighted by Gasteiger charge is -2.33. The standard InChI is InChI=1S/C17H21FN2O4/c18-12-5-1-2-7-14(12)20-8-3-6-13(17(20)22)19-15(21)11-16-23-9-4-10-24-16/h1-2,5,7,13,16H,3-4,6,8-11H2,(H,19,21)/t13-/m1/s1. The highest BCUT2D eigenvalue weighted by Gasteiger charge is 2.32. The summed E-state index contributed by atoms with van der Waals surface area (Å²) in [5.74, 6) is -1.03. The number of nitrogens with zero attached hydrogens (tertiary/aromatic N) is 1. The number of ether oxygens (including phenoxy) is 2. The maximum Gasteiger partial charge on any atom is 0.249 e. The number of amides is 2. The minimum Gasteiger partial charge on any atom is -0.352 e. The molecule has 1 aromatic carbocycles. The number of nitrogens with one attached hydrogen (secondary N) is 1. The number of piperidine rings is 1. The molecular formula is C17H21FN2O4. The molecule has 0 saturated carbocycles. The summed E-state index contributed by atoms with van der Waals surface area (Å²) in [6.45, 7) is 1.59. The number of carbonyl (C=O) groups excluding carboxylic acids is 2. The second-order valence-corrected chi connectivity index (χ2v) is 5.93. The van der Waals surface area contributed by atoms with Crippen LogP contribution in [-0.4, -0.2) is 43.9 Å². The van der Waals surface area contributed by atoms with Gasteiger partial charge in [-0.25, -0.2) is 4.39 Å². The van der Waals surface area contributed by atoms with E-state index < -0.39 is 18.1 Å². The fourth-order valence-corrected chi connectivity index (χ4v) is 2.98. The van der Waals surface area contributed by atoms with Gasteiger partial charge in [-0.1, -0.05) is 12.1 Å². The van der Waals surface area contributed by atoms with Crippen LogP contribution in [0.25, 0.3) is 0 Å². The molecule has 1 N–H and O–H groups in total. The van der Waals surface area contributed by atoms with Crippen molar-refractivity contribution >= 4 is 17.5 Å². The van der Waals surface area contributed by atoms with Crippen molar-refractivity contribution in [2.24, 2.45) is 0 Å². The zero-order valence-corrected chi connectivity index (χ0v) is 13.4. The molecule has 24 heavy (non-hydrogen) atoms. The molecule has 1 aromatic rings. The van der Waals surface area contributed by atoms with Crippen molar-refractivity contribution in [3.63, 3.8) is 0 Å². The van der Waals surface area contributed by atoms with Crippen LogP contribution < -0.4 is 10.2 Å². The molecule has 1 atom stereocenters. The molecule has 0 aromatic heterocycles. The van der Waals surface area contributed by atoms with E-state index in [1.54, 1.807) is 18.2 Å². The van der Waals surface area contributed by atoms with E-state index in [1.807, 2.05) is 0 Å². The van der Waals surface area contributed by atoms with Crippen molar-refractivity contribution in [2.45, 2.75) is 38.0 Å². The van der Waals surface area contributed by atoms with Gasteiger partial charge < -0.3 is 19.7 Å². The van der Waals surface area contributed by atoms with Crippen LogP contribution in [0.2, 0.25) is 0 Å². The zero-order chi connectivity index (χ0) is 16.9. The van der Waals surface area contributed by atoms with Crippen LogP contribution in [0.3, 0.4) is 0 Å². The Kier molecular flexibility index (Phi) is 5.42. The minimum atomic E-state index is -0.644. The fraction of sp³-hybridized carbons (Fsp3) is 0.529. The number of halogens is 1. The van der Waals surface area contributed by atoms with Crippen LogP contribution in [0.5, 0.6) is 0 Å². The number of hydrogen-bond acceptors (Lipinski definition) is 4. The van der Waals surface area contributed by atoms with E-state index in [0.29, 0.717) is 32.6 Å². The van der Waals surface area contributed by atoms with Gasteiger partial charge in [0.05, 0.1) is 25.3 Å². The first kappa shape index (κ1) is 16.9. The van der Waals surface area contributed by atoms with Crippen LogP contribution in [0.15, 0.2) is 24.3 Å². The summed E-state index contributed by atoms with van der Waals surface area (Å²) in [4.78, 5) is 26.1. The molecule has 0 aliphatic carbocycles. The predicted octanol–water partition coefficient (Wildman–Crippen LogP) is 1.59. The summed E-state index contributed by atoms with van der Waals surface area (Å²) >= 11 is 0. The Morgan fingerprint density at radius 2 is 2.00 bits per heavy atom. The van der Waals surface area contributed by atoms with Crippen LogP contribution >= 0.6 is 0 Å². The molecule has 0 spiro atoms. The van der Waals surface area contributed by atoms with E-state index in [1.165, 1.54) is 11.0 Å². The Bertz CT molecular complexity index is 604. The second-order valence-electron chi connectivity index (χ2n) is 5.93. The van der Waals surface area contributed by atoms with E-state index in [4.69, 9.17) is 9.47 Å². The SMILES string of the molecule is O=C(CC1OCCCO1)N[C@@H]1CCCN(c2ccccc2F)C1=O. The third-order valence-corrected chi connectivity index (χ3v) is 4.17. The van der Waals surface area contributed by atoms with Crippen LogP contribution in [0.1, 0.15) is 25.7 Å². The highest BCUT2D eigenvalue weighted by molar-refractivity contribution is 6.00. The van der Waals surface area contributed by atoms with E-state index in [9.17, 15) is 14.0 Å². The molecule has 2 amide bonds. The van der Waals surface area contributed by atoms with Crippen LogP contribution in [0.4, 0.5) is 10.1 Å². The quantitative estimate of drug-likeness (QED) is 0.907. The average molecular weight is 336 g/mol.